The van der Waals surface area contributed by atoms with Crippen LogP contribution in [0.25, 0.3) is 0 Å². The highest BCUT2D eigenvalue weighted by molar-refractivity contribution is 5.48. The van der Waals surface area contributed by atoms with Crippen LogP contribution in [0.3, 0.4) is 0 Å². The molecule has 0 aromatic heterocycles. The lowest BCUT2D eigenvalue weighted by molar-refractivity contribution is 0.242. The Labute approximate surface area is 172 Å². The first-order chi connectivity index (χ1) is 14.2. The summed E-state index contributed by atoms with van der Waals surface area (Å²) in [6.45, 7) is 3.41. The third-order valence-corrected chi connectivity index (χ3v) is 5.38. The van der Waals surface area contributed by atoms with Gasteiger partial charge in [-0.1, -0.05) is 42.5 Å². The molecule has 4 rings (SSSR count). The molecule has 0 bridgehead atoms. The molecule has 0 aliphatic carbocycles. The van der Waals surface area contributed by atoms with E-state index in [4.69, 9.17) is 14.2 Å². The van der Waals surface area contributed by atoms with E-state index in [2.05, 4.69) is 41.3 Å². The van der Waals surface area contributed by atoms with E-state index in [0.29, 0.717) is 6.61 Å². The lowest BCUT2D eigenvalue weighted by Gasteiger charge is -2.29. The van der Waals surface area contributed by atoms with Crippen molar-refractivity contribution in [3.05, 3.63) is 89.0 Å². The van der Waals surface area contributed by atoms with E-state index in [0.717, 1.165) is 48.9 Å². The van der Waals surface area contributed by atoms with Crippen molar-refractivity contribution in [2.24, 2.45) is 0 Å². The topological polar surface area (TPSA) is 30.9 Å². The van der Waals surface area contributed by atoms with Crippen LogP contribution in [-0.2, 0) is 26.1 Å². The summed E-state index contributed by atoms with van der Waals surface area (Å²) >= 11 is 0. The summed E-state index contributed by atoms with van der Waals surface area (Å²) in [6.07, 6.45) is 1.01. The van der Waals surface area contributed by atoms with Gasteiger partial charge in [-0.2, -0.15) is 0 Å². The molecule has 3 aromatic carbocycles. The van der Waals surface area contributed by atoms with Gasteiger partial charge in [0.1, 0.15) is 12.4 Å². The molecule has 3 aromatic rings. The molecule has 1 aliphatic rings. The molecule has 0 N–H and O–H groups in total. The molecule has 4 nitrogen and oxygen atoms in total. The molecule has 0 saturated carbocycles. The second-order valence-corrected chi connectivity index (χ2v) is 7.35. The zero-order valence-electron chi connectivity index (χ0n) is 17.1. The average Bonchev–Trinajstić information content (AvgIpc) is 2.78. The molecule has 0 fully saturated rings. The third kappa shape index (κ3) is 4.72. The highest BCUT2D eigenvalue weighted by atomic mass is 16.5. The van der Waals surface area contributed by atoms with Gasteiger partial charge < -0.3 is 14.2 Å². The zero-order valence-corrected chi connectivity index (χ0v) is 17.1. The van der Waals surface area contributed by atoms with Crippen molar-refractivity contribution in [2.75, 3.05) is 20.8 Å². The highest BCUT2D eigenvalue weighted by Crippen LogP contribution is 2.34. The lowest BCUT2D eigenvalue weighted by Crippen LogP contribution is -2.30. The maximum Gasteiger partial charge on any atom is 0.161 e. The molecule has 1 heterocycles. The standard InChI is InChI=1S/C25H27NO3/c1-27-23-10-8-19(9-11-23)16-26-13-12-21-14-25(24(28-2)15-22(21)17-26)29-18-20-6-4-3-5-7-20/h3-11,14-15H,12-13,16-18H2,1-2H3. The number of benzene rings is 3. The van der Waals surface area contributed by atoms with Crippen LogP contribution >= 0.6 is 0 Å². The van der Waals surface area contributed by atoms with Crippen molar-refractivity contribution >= 4 is 0 Å². The van der Waals surface area contributed by atoms with Crippen molar-refractivity contribution in [2.45, 2.75) is 26.1 Å². The molecule has 0 amide bonds. The highest BCUT2D eigenvalue weighted by Gasteiger charge is 2.20. The first-order valence-corrected chi connectivity index (χ1v) is 9.97. The van der Waals surface area contributed by atoms with Gasteiger partial charge in [0.15, 0.2) is 11.5 Å². The van der Waals surface area contributed by atoms with Gasteiger partial charge >= 0.3 is 0 Å². The van der Waals surface area contributed by atoms with Crippen LogP contribution in [-0.4, -0.2) is 25.7 Å². The Morgan fingerprint density at radius 2 is 1.55 bits per heavy atom. The van der Waals surface area contributed by atoms with Gasteiger partial charge in [0.05, 0.1) is 14.2 Å². The largest absolute Gasteiger partial charge is 0.497 e. The van der Waals surface area contributed by atoms with Crippen molar-refractivity contribution in [1.29, 1.82) is 0 Å². The molecule has 1 aliphatic heterocycles. The molecule has 0 spiro atoms. The maximum atomic E-state index is 6.07. The van der Waals surface area contributed by atoms with E-state index in [1.165, 1.54) is 16.7 Å². The minimum absolute atomic E-state index is 0.541. The fraction of sp³-hybridized carbons (Fsp3) is 0.280. The van der Waals surface area contributed by atoms with E-state index >= 15 is 0 Å². The molecule has 29 heavy (non-hydrogen) atoms. The van der Waals surface area contributed by atoms with Gasteiger partial charge in [0.2, 0.25) is 0 Å². The fourth-order valence-electron chi connectivity index (χ4n) is 3.75. The Hall–Kier alpha value is -2.98. The van der Waals surface area contributed by atoms with Crippen LogP contribution < -0.4 is 14.2 Å². The van der Waals surface area contributed by atoms with Crippen molar-refractivity contribution in [3.63, 3.8) is 0 Å². The van der Waals surface area contributed by atoms with Gasteiger partial charge in [0.25, 0.3) is 0 Å². The first-order valence-electron chi connectivity index (χ1n) is 9.97. The number of hydrogen-bond acceptors (Lipinski definition) is 4. The second kappa shape index (κ2) is 9.01. The third-order valence-electron chi connectivity index (χ3n) is 5.38. The van der Waals surface area contributed by atoms with Gasteiger partial charge in [-0.3, -0.25) is 4.90 Å². The Bertz CT molecular complexity index is 938. The quantitative estimate of drug-likeness (QED) is 0.578. The molecule has 0 radical (unpaired) electrons. The fourth-order valence-corrected chi connectivity index (χ4v) is 3.75. The SMILES string of the molecule is COc1ccc(CN2CCc3cc(OCc4ccccc4)c(OC)cc3C2)cc1. The number of ether oxygens (including phenoxy) is 3. The summed E-state index contributed by atoms with van der Waals surface area (Å²) < 4.78 is 16.9. The van der Waals surface area contributed by atoms with Gasteiger partial charge in [0, 0.05) is 19.6 Å². The molecule has 0 saturated heterocycles. The summed E-state index contributed by atoms with van der Waals surface area (Å²) in [5.74, 6) is 2.51. The maximum absolute atomic E-state index is 6.07. The van der Waals surface area contributed by atoms with E-state index < -0.39 is 0 Å². The van der Waals surface area contributed by atoms with Gasteiger partial charge in [-0.15, -0.1) is 0 Å². The van der Waals surface area contributed by atoms with Crippen molar-refractivity contribution in [1.82, 2.24) is 4.90 Å². The Morgan fingerprint density at radius 3 is 2.28 bits per heavy atom. The summed E-state index contributed by atoms with van der Waals surface area (Å²) in [5, 5.41) is 0. The van der Waals surface area contributed by atoms with Crippen LogP contribution in [0.1, 0.15) is 22.3 Å². The average molecular weight is 389 g/mol. The summed E-state index contributed by atoms with van der Waals surface area (Å²) in [5.41, 5.74) is 5.11. The minimum Gasteiger partial charge on any atom is -0.497 e. The number of methoxy groups -OCH3 is 2. The molecular formula is C25H27NO3. The van der Waals surface area contributed by atoms with E-state index in [1.54, 1.807) is 14.2 Å². The summed E-state index contributed by atoms with van der Waals surface area (Å²) in [7, 11) is 3.40. The number of hydrogen-bond donors (Lipinski definition) is 0. The predicted molar refractivity (Wildman–Crippen MR) is 115 cm³/mol. The second-order valence-electron chi connectivity index (χ2n) is 7.35. The Balaban J connectivity index is 1.45. The molecular weight excluding hydrogens is 362 g/mol. The van der Waals surface area contributed by atoms with Crippen LogP contribution in [0, 0.1) is 0 Å². The molecule has 0 atom stereocenters. The number of rotatable bonds is 7. The van der Waals surface area contributed by atoms with Gasteiger partial charge in [-0.25, -0.2) is 0 Å². The Kier molecular flexibility index (Phi) is 6.01. The van der Waals surface area contributed by atoms with E-state index in [1.807, 2.05) is 30.3 Å². The normalized spacial score (nSPS) is 13.6. The predicted octanol–water partition coefficient (Wildman–Crippen LogP) is 4.84. The van der Waals surface area contributed by atoms with Crippen molar-refractivity contribution < 1.29 is 14.2 Å². The Morgan fingerprint density at radius 1 is 0.793 bits per heavy atom. The van der Waals surface area contributed by atoms with Crippen LogP contribution in [0.2, 0.25) is 0 Å². The number of nitrogens with zero attached hydrogens (tertiary/aromatic N) is 1. The molecule has 0 unspecified atom stereocenters. The minimum atomic E-state index is 0.541. The smallest absolute Gasteiger partial charge is 0.161 e. The van der Waals surface area contributed by atoms with E-state index in [9.17, 15) is 0 Å². The molecule has 4 heteroatoms. The first kappa shape index (κ1) is 19.3. The zero-order chi connectivity index (χ0) is 20.1. The lowest BCUT2D eigenvalue weighted by atomic mass is 9.98. The van der Waals surface area contributed by atoms with Crippen LogP contribution in [0.4, 0.5) is 0 Å². The van der Waals surface area contributed by atoms with Gasteiger partial charge in [-0.05, 0) is 52.9 Å². The van der Waals surface area contributed by atoms with Crippen LogP contribution in [0.15, 0.2) is 66.7 Å². The van der Waals surface area contributed by atoms with E-state index in [-0.39, 0.29) is 0 Å². The summed E-state index contributed by atoms with van der Waals surface area (Å²) in [4.78, 5) is 2.47. The number of fused-ring (bicyclic) bond motifs is 1. The molecule has 150 valence electrons. The van der Waals surface area contributed by atoms with Crippen molar-refractivity contribution in [3.8, 4) is 17.2 Å². The monoisotopic (exact) mass is 389 g/mol. The summed E-state index contributed by atoms with van der Waals surface area (Å²) in [6, 6.07) is 22.8. The van der Waals surface area contributed by atoms with Crippen LogP contribution in [0.5, 0.6) is 17.2 Å².